The molecule has 34 heavy (non-hydrogen) atoms. The zero-order valence-corrected chi connectivity index (χ0v) is 20.0. The third-order valence-electron chi connectivity index (χ3n) is 7.60. The molecule has 1 aromatic carbocycles. The Hall–Kier alpha value is -2.33. The van der Waals surface area contributed by atoms with Crippen LogP contribution in [0.15, 0.2) is 30.5 Å². The number of nitrogens with one attached hydrogen (secondary N) is 1. The summed E-state index contributed by atoms with van der Waals surface area (Å²) in [5.41, 5.74) is 5.26. The molecule has 0 radical (unpaired) electrons. The van der Waals surface area contributed by atoms with Crippen LogP contribution in [-0.2, 0) is 16.1 Å². The first-order valence-electron chi connectivity index (χ1n) is 12.0. The van der Waals surface area contributed by atoms with Gasteiger partial charge in [-0.25, -0.2) is 15.2 Å². The number of morpholine rings is 1. The molecule has 2 N–H and O–H groups in total. The molecule has 3 saturated heterocycles. The Morgan fingerprint density at radius 1 is 1.12 bits per heavy atom. The van der Waals surface area contributed by atoms with Gasteiger partial charge in [-0.1, -0.05) is 17.7 Å². The molecule has 1 atom stereocenters. The summed E-state index contributed by atoms with van der Waals surface area (Å²) in [7, 11) is 0. The van der Waals surface area contributed by atoms with Gasteiger partial charge in [0, 0.05) is 56.2 Å². The minimum atomic E-state index is -0.994. The average Bonchev–Trinajstić information content (AvgIpc) is 3.49. The van der Waals surface area contributed by atoms with E-state index in [0.29, 0.717) is 13.1 Å². The smallest absolute Gasteiger partial charge is 0.338 e. The number of hydrazine groups is 1. The van der Waals surface area contributed by atoms with Crippen LogP contribution in [-0.4, -0.2) is 90.4 Å². The number of rotatable bonds is 4. The van der Waals surface area contributed by atoms with Crippen molar-refractivity contribution in [1.29, 1.82) is 0 Å². The second kappa shape index (κ2) is 9.73. The number of carboxylic acids is 1. The summed E-state index contributed by atoms with van der Waals surface area (Å²) in [6.07, 6.45) is 6.04. The second-order valence-corrected chi connectivity index (χ2v) is 10.2. The molecule has 0 aromatic heterocycles. The fourth-order valence-electron chi connectivity index (χ4n) is 5.48. The van der Waals surface area contributed by atoms with E-state index in [-0.39, 0.29) is 11.4 Å². The molecule has 1 unspecified atom stereocenters. The Labute approximate surface area is 204 Å². The van der Waals surface area contributed by atoms with Gasteiger partial charge in [-0.05, 0) is 55.0 Å². The lowest BCUT2D eigenvalue weighted by molar-refractivity contribution is -0.138. The SMILES string of the molecule is O=C(O)C1C=CN(C(=O)N2CCC3(CCN(Cc4ccc(N5CCOCC5)cc4Cl)C3)CC2)N1. The van der Waals surface area contributed by atoms with Crippen LogP contribution in [0.3, 0.4) is 0 Å². The molecule has 3 fully saturated rings. The first-order chi connectivity index (χ1) is 16.4. The summed E-state index contributed by atoms with van der Waals surface area (Å²) in [5.74, 6) is -0.994. The maximum Gasteiger partial charge on any atom is 0.338 e. The lowest BCUT2D eigenvalue weighted by Gasteiger charge is -2.40. The molecule has 1 aromatic rings. The number of hydrogen-bond donors (Lipinski definition) is 2. The number of urea groups is 1. The number of anilines is 1. The van der Waals surface area contributed by atoms with Crippen molar-refractivity contribution in [3.8, 4) is 0 Å². The quantitative estimate of drug-likeness (QED) is 0.671. The first kappa shape index (κ1) is 23.4. The van der Waals surface area contributed by atoms with Crippen LogP contribution in [0.5, 0.6) is 0 Å². The molecule has 0 saturated carbocycles. The molecule has 0 aliphatic carbocycles. The molecule has 0 bridgehead atoms. The van der Waals surface area contributed by atoms with Gasteiger partial charge in [0.1, 0.15) is 6.04 Å². The van der Waals surface area contributed by atoms with Crippen LogP contribution in [0.25, 0.3) is 0 Å². The molecular formula is C24H32ClN5O4. The van der Waals surface area contributed by atoms with Crippen LogP contribution in [0.2, 0.25) is 5.02 Å². The zero-order chi connectivity index (χ0) is 23.7. The fourth-order valence-corrected chi connectivity index (χ4v) is 5.72. The Balaban J connectivity index is 1.13. The Kier molecular flexibility index (Phi) is 6.70. The number of ether oxygens (including phenoxy) is 1. The van der Waals surface area contributed by atoms with E-state index in [0.717, 1.165) is 81.5 Å². The third kappa shape index (κ3) is 4.88. The van der Waals surface area contributed by atoms with Gasteiger partial charge in [0.25, 0.3) is 0 Å². The predicted molar refractivity (Wildman–Crippen MR) is 129 cm³/mol. The van der Waals surface area contributed by atoms with Gasteiger partial charge < -0.3 is 19.6 Å². The van der Waals surface area contributed by atoms with E-state index in [1.807, 2.05) is 4.90 Å². The molecule has 184 valence electrons. The molecule has 10 heteroatoms. The van der Waals surface area contributed by atoms with Crippen molar-refractivity contribution in [3.63, 3.8) is 0 Å². The summed E-state index contributed by atoms with van der Waals surface area (Å²) in [4.78, 5) is 30.5. The highest BCUT2D eigenvalue weighted by atomic mass is 35.5. The van der Waals surface area contributed by atoms with E-state index in [4.69, 9.17) is 21.4 Å². The topological polar surface area (TPSA) is 88.6 Å². The Morgan fingerprint density at radius 3 is 2.53 bits per heavy atom. The second-order valence-electron chi connectivity index (χ2n) is 9.76. The average molecular weight is 490 g/mol. The van der Waals surface area contributed by atoms with E-state index in [9.17, 15) is 9.59 Å². The highest BCUT2D eigenvalue weighted by molar-refractivity contribution is 6.31. The van der Waals surface area contributed by atoms with E-state index in [1.54, 1.807) is 0 Å². The van der Waals surface area contributed by atoms with Crippen molar-refractivity contribution in [2.45, 2.75) is 31.8 Å². The first-order valence-corrected chi connectivity index (χ1v) is 12.4. The van der Waals surface area contributed by atoms with E-state index >= 15 is 0 Å². The summed E-state index contributed by atoms with van der Waals surface area (Å²) in [6, 6.07) is 5.36. The lowest BCUT2D eigenvalue weighted by atomic mass is 9.78. The van der Waals surface area contributed by atoms with Crippen molar-refractivity contribution in [1.82, 2.24) is 20.2 Å². The van der Waals surface area contributed by atoms with Crippen molar-refractivity contribution in [2.75, 3.05) is 57.4 Å². The normalized spacial score (nSPS) is 24.9. The number of halogens is 1. The van der Waals surface area contributed by atoms with Crippen molar-refractivity contribution in [2.24, 2.45) is 5.41 Å². The zero-order valence-electron chi connectivity index (χ0n) is 19.3. The van der Waals surface area contributed by atoms with E-state index in [1.165, 1.54) is 17.3 Å². The van der Waals surface area contributed by atoms with Crippen molar-refractivity contribution >= 4 is 29.3 Å². The Morgan fingerprint density at radius 2 is 1.85 bits per heavy atom. The van der Waals surface area contributed by atoms with Gasteiger partial charge in [0.15, 0.2) is 0 Å². The molecule has 5 rings (SSSR count). The number of likely N-dealkylation sites (tertiary alicyclic amines) is 2. The van der Waals surface area contributed by atoms with Crippen molar-refractivity contribution < 1.29 is 19.4 Å². The number of nitrogens with zero attached hydrogens (tertiary/aromatic N) is 4. The van der Waals surface area contributed by atoms with Crippen LogP contribution in [0.1, 0.15) is 24.8 Å². The van der Waals surface area contributed by atoms with Gasteiger partial charge in [0.2, 0.25) is 0 Å². The maximum atomic E-state index is 12.8. The molecule has 4 aliphatic heterocycles. The minimum Gasteiger partial charge on any atom is -0.480 e. The van der Waals surface area contributed by atoms with E-state index < -0.39 is 12.0 Å². The largest absolute Gasteiger partial charge is 0.480 e. The molecular weight excluding hydrogens is 458 g/mol. The van der Waals surface area contributed by atoms with Crippen LogP contribution >= 0.6 is 11.6 Å². The molecule has 2 amide bonds. The number of carbonyl (C=O) groups is 2. The van der Waals surface area contributed by atoms with Crippen LogP contribution in [0, 0.1) is 5.41 Å². The van der Waals surface area contributed by atoms with Crippen LogP contribution in [0.4, 0.5) is 10.5 Å². The number of carbonyl (C=O) groups excluding carboxylic acids is 1. The standard InChI is InChI=1S/C24H32ClN5O4/c25-20-15-19(28-11-13-34-14-12-28)2-1-18(20)16-27-8-4-24(17-27)5-9-29(10-6-24)23(33)30-7-3-21(26-30)22(31)32/h1-3,7,15,21,26H,4-6,8-14,16-17H2,(H,31,32). The summed E-state index contributed by atoms with van der Waals surface area (Å²) >= 11 is 6.67. The number of hydrogen-bond acceptors (Lipinski definition) is 6. The summed E-state index contributed by atoms with van der Waals surface area (Å²) in [6.45, 7) is 7.56. The highest BCUT2D eigenvalue weighted by Crippen LogP contribution is 2.41. The number of amides is 2. The van der Waals surface area contributed by atoms with Crippen LogP contribution < -0.4 is 10.3 Å². The van der Waals surface area contributed by atoms with Gasteiger partial charge >= 0.3 is 12.0 Å². The third-order valence-corrected chi connectivity index (χ3v) is 7.95. The molecule has 9 nitrogen and oxygen atoms in total. The number of aliphatic carboxylic acids is 1. The highest BCUT2D eigenvalue weighted by Gasteiger charge is 2.42. The Bertz CT molecular complexity index is 959. The number of carboxylic acid groups (broad SMARTS) is 1. The number of piperidine rings is 1. The fraction of sp³-hybridized carbons (Fsp3) is 0.583. The van der Waals surface area contributed by atoms with E-state index in [2.05, 4.69) is 33.4 Å². The van der Waals surface area contributed by atoms with Gasteiger partial charge in [0.05, 0.1) is 13.2 Å². The van der Waals surface area contributed by atoms with Gasteiger partial charge in [-0.15, -0.1) is 0 Å². The molecule has 4 aliphatic rings. The minimum absolute atomic E-state index is 0.183. The van der Waals surface area contributed by atoms with Crippen molar-refractivity contribution in [3.05, 3.63) is 41.1 Å². The number of benzene rings is 1. The summed E-state index contributed by atoms with van der Waals surface area (Å²) in [5, 5.41) is 11.2. The van der Waals surface area contributed by atoms with Gasteiger partial charge in [-0.2, -0.15) is 0 Å². The lowest BCUT2D eigenvalue weighted by Crippen LogP contribution is -2.52. The molecule has 4 heterocycles. The summed E-state index contributed by atoms with van der Waals surface area (Å²) < 4.78 is 5.44. The molecule has 1 spiro atoms. The van der Waals surface area contributed by atoms with Gasteiger partial charge in [-0.3, -0.25) is 9.69 Å². The monoisotopic (exact) mass is 489 g/mol. The predicted octanol–water partition coefficient (Wildman–Crippen LogP) is 2.37. The maximum absolute atomic E-state index is 12.8.